The highest BCUT2D eigenvalue weighted by Gasteiger charge is 2.30. The molecule has 1 aliphatic rings. The van der Waals surface area contributed by atoms with E-state index in [1.807, 2.05) is 24.3 Å². The Morgan fingerprint density at radius 2 is 2.06 bits per heavy atom. The van der Waals surface area contributed by atoms with Crippen LogP contribution in [-0.2, 0) is 6.42 Å². The van der Waals surface area contributed by atoms with E-state index in [9.17, 15) is 18.3 Å². The first kappa shape index (κ1) is 13.7. The van der Waals surface area contributed by atoms with Gasteiger partial charge >= 0.3 is 6.18 Å². The summed E-state index contributed by atoms with van der Waals surface area (Å²) in [5.41, 5.74) is 1.18. The molecule has 1 aromatic carbocycles. The topological polar surface area (TPSA) is 20.2 Å². The van der Waals surface area contributed by atoms with Gasteiger partial charge in [-0.25, -0.2) is 0 Å². The van der Waals surface area contributed by atoms with Gasteiger partial charge in [-0.3, -0.25) is 0 Å². The average Bonchev–Trinajstić information content (AvgIpc) is 2.70. The van der Waals surface area contributed by atoms with Crippen LogP contribution in [0.2, 0.25) is 0 Å². The van der Waals surface area contributed by atoms with Crippen LogP contribution in [0.25, 0.3) is 0 Å². The lowest BCUT2D eigenvalue weighted by atomic mass is 10.0. The maximum Gasteiger partial charge on any atom is 0.389 e. The van der Waals surface area contributed by atoms with E-state index in [-0.39, 0.29) is 18.1 Å². The molecule has 1 aromatic rings. The van der Waals surface area contributed by atoms with Gasteiger partial charge in [0.05, 0.1) is 6.10 Å². The highest BCUT2D eigenvalue weighted by atomic mass is 32.2. The summed E-state index contributed by atoms with van der Waals surface area (Å²) in [7, 11) is 0. The molecule has 1 heterocycles. The van der Waals surface area contributed by atoms with Gasteiger partial charge in [0.15, 0.2) is 0 Å². The van der Waals surface area contributed by atoms with Crippen LogP contribution in [0.1, 0.15) is 24.8 Å². The van der Waals surface area contributed by atoms with Crippen LogP contribution < -0.4 is 0 Å². The van der Waals surface area contributed by atoms with E-state index < -0.39 is 18.7 Å². The van der Waals surface area contributed by atoms with Crippen LogP contribution >= 0.6 is 11.8 Å². The first-order chi connectivity index (χ1) is 8.46. The number of hydrogen-bond donors (Lipinski definition) is 1. The summed E-state index contributed by atoms with van der Waals surface area (Å²) in [6.07, 6.45) is -4.64. The zero-order valence-electron chi connectivity index (χ0n) is 9.78. The Hall–Kier alpha value is -0.680. The second-order valence-corrected chi connectivity index (χ2v) is 5.82. The van der Waals surface area contributed by atoms with Crippen molar-refractivity contribution in [2.24, 2.45) is 0 Å². The zero-order valence-corrected chi connectivity index (χ0v) is 10.6. The Balaban J connectivity index is 1.81. The maximum atomic E-state index is 12.0. The van der Waals surface area contributed by atoms with Crippen LogP contribution in [0.4, 0.5) is 13.2 Å². The molecule has 18 heavy (non-hydrogen) atoms. The van der Waals surface area contributed by atoms with Gasteiger partial charge in [-0.15, -0.1) is 11.8 Å². The predicted molar refractivity (Wildman–Crippen MR) is 65.7 cm³/mol. The van der Waals surface area contributed by atoms with Crippen LogP contribution in [0.3, 0.4) is 0 Å². The second kappa shape index (κ2) is 5.53. The van der Waals surface area contributed by atoms with E-state index >= 15 is 0 Å². The fraction of sp³-hybridized carbons (Fsp3) is 0.538. The molecule has 0 aromatic heterocycles. The number of alkyl halides is 3. The lowest BCUT2D eigenvalue weighted by molar-refractivity contribution is -0.136. The molecule has 0 amide bonds. The molecule has 0 saturated heterocycles. The summed E-state index contributed by atoms with van der Waals surface area (Å²) >= 11 is 1.57. The monoisotopic (exact) mass is 276 g/mol. The number of thioether (sulfide) groups is 1. The summed E-state index contributed by atoms with van der Waals surface area (Å²) in [6, 6.07) is 7.87. The minimum Gasteiger partial charge on any atom is -0.392 e. The van der Waals surface area contributed by atoms with Crippen LogP contribution in [0.15, 0.2) is 29.2 Å². The summed E-state index contributed by atoms with van der Waals surface area (Å²) < 4.78 is 36.0. The molecule has 0 bridgehead atoms. The molecular weight excluding hydrogens is 261 g/mol. The van der Waals surface area contributed by atoms with E-state index in [0.29, 0.717) is 0 Å². The third-order valence-corrected chi connectivity index (χ3v) is 4.50. The molecule has 1 aliphatic heterocycles. The Morgan fingerprint density at radius 3 is 2.72 bits per heavy atom. The Kier molecular flexibility index (Phi) is 4.22. The molecule has 2 unspecified atom stereocenters. The maximum absolute atomic E-state index is 12.0. The summed E-state index contributed by atoms with van der Waals surface area (Å²) in [6.45, 7) is 0. The molecule has 5 heteroatoms. The third-order valence-electron chi connectivity index (χ3n) is 3.06. The molecule has 1 nitrogen and oxygen atoms in total. The van der Waals surface area contributed by atoms with Crippen molar-refractivity contribution < 1.29 is 18.3 Å². The van der Waals surface area contributed by atoms with E-state index in [0.717, 1.165) is 11.3 Å². The van der Waals surface area contributed by atoms with Crippen LogP contribution in [-0.4, -0.2) is 22.6 Å². The molecule has 0 spiro atoms. The van der Waals surface area contributed by atoms with Crippen molar-refractivity contribution in [1.82, 2.24) is 0 Å². The fourth-order valence-electron chi connectivity index (χ4n) is 2.12. The highest BCUT2D eigenvalue weighted by molar-refractivity contribution is 8.00. The lowest BCUT2D eigenvalue weighted by Gasteiger charge is -2.17. The molecule has 0 radical (unpaired) electrons. The van der Waals surface area contributed by atoms with Crippen molar-refractivity contribution in [3.63, 3.8) is 0 Å². The minimum atomic E-state index is -4.12. The SMILES string of the molecule is OC(CCCC(F)(F)F)C1Cc2ccccc2S1. The average molecular weight is 276 g/mol. The van der Waals surface area contributed by atoms with Gasteiger partial charge in [0.2, 0.25) is 0 Å². The molecule has 0 saturated carbocycles. The standard InChI is InChI=1S/C13H15F3OS/c14-13(15,16)7-3-5-10(17)12-8-9-4-1-2-6-11(9)18-12/h1-2,4,6,10,12,17H,3,5,7-8H2. The first-order valence-corrected chi connectivity index (χ1v) is 6.83. The smallest absolute Gasteiger partial charge is 0.389 e. The van der Waals surface area contributed by atoms with Crippen molar-refractivity contribution in [2.75, 3.05) is 0 Å². The summed E-state index contributed by atoms with van der Waals surface area (Å²) in [5, 5.41) is 9.93. The number of fused-ring (bicyclic) bond motifs is 1. The molecule has 2 atom stereocenters. The normalized spacial score (nSPS) is 20.8. The fourth-order valence-corrected chi connectivity index (χ4v) is 3.46. The number of benzene rings is 1. The molecule has 2 rings (SSSR count). The van der Waals surface area contributed by atoms with Gasteiger partial charge in [-0.1, -0.05) is 18.2 Å². The lowest BCUT2D eigenvalue weighted by Crippen LogP contribution is -2.23. The first-order valence-electron chi connectivity index (χ1n) is 5.95. The Bertz CT molecular complexity index is 380. The quantitative estimate of drug-likeness (QED) is 0.902. The molecule has 0 aliphatic carbocycles. The number of halogens is 3. The molecular formula is C13H15F3OS. The minimum absolute atomic E-state index is 0.00191. The predicted octanol–water partition coefficient (Wildman–Crippen LogP) is 3.80. The van der Waals surface area contributed by atoms with Gasteiger partial charge in [0, 0.05) is 16.6 Å². The Labute approximate surface area is 108 Å². The van der Waals surface area contributed by atoms with Crippen molar-refractivity contribution in [2.45, 2.75) is 48.1 Å². The second-order valence-electron chi connectivity index (χ2n) is 4.54. The molecule has 0 fully saturated rings. The van der Waals surface area contributed by atoms with E-state index in [2.05, 4.69) is 0 Å². The van der Waals surface area contributed by atoms with Crippen molar-refractivity contribution in [3.05, 3.63) is 29.8 Å². The van der Waals surface area contributed by atoms with E-state index in [1.165, 1.54) is 5.56 Å². The van der Waals surface area contributed by atoms with E-state index in [4.69, 9.17) is 0 Å². The number of aliphatic hydroxyl groups excluding tert-OH is 1. The molecule has 100 valence electrons. The van der Waals surface area contributed by atoms with Crippen LogP contribution in [0, 0.1) is 0 Å². The number of hydrogen-bond acceptors (Lipinski definition) is 2. The molecule has 1 N–H and O–H groups in total. The van der Waals surface area contributed by atoms with Gasteiger partial charge in [0.25, 0.3) is 0 Å². The summed E-state index contributed by atoms with van der Waals surface area (Å²) in [4.78, 5) is 1.14. The van der Waals surface area contributed by atoms with Gasteiger partial charge < -0.3 is 5.11 Å². The van der Waals surface area contributed by atoms with Crippen molar-refractivity contribution in [3.8, 4) is 0 Å². The third kappa shape index (κ3) is 3.65. The largest absolute Gasteiger partial charge is 0.392 e. The van der Waals surface area contributed by atoms with Gasteiger partial charge in [-0.05, 0) is 30.9 Å². The van der Waals surface area contributed by atoms with E-state index in [1.54, 1.807) is 11.8 Å². The van der Waals surface area contributed by atoms with Gasteiger partial charge in [0.1, 0.15) is 0 Å². The zero-order chi connectivity index (χ0) is 13.2. The van der Waals surface area contributed by atoms with Crippen molar-refractivity contribution >= 4 is 11.8 Å². The van der Waals surface area contributed by atoms with Crippen molar-refractivity contribution in [1.29, 1.82) is 0 Å². The van der Waals surface area contributed by atoms with Crippen LogP contribution in [0.5, 0.6) is 0 Å². The number of aliphatic hydroxyl groups is 1. The summed E-state index contributed by atoms with van der Waals surface area (Å²) in [5.74, 6) is 0. The highest BCUT2D eigenvalue weighted by Crippen LogP contribution is 2.39. The number of rotatable bonds is 4. The van der Waals surface area contributed by atoms with Gasteiger partial charge in [-0.2, -0.15) is 13.2 Å². The Morgan fingerprint density at radius 1 is 1.33 bits per heavy atom.